The Labute approximate surface area is 128 Å². The minimum Gasteiger partial charge on any atom is -0.481 e. The first-order valence-corrected chi connectivity index (χ1v) is 7.66. The molecule has 0 heterocycles. The summed E-state index contributed by atoms with van der Waals surface area (Å²) in [6.45, 7) is 12.7. The molecule has 21 heavy (non-hydrogen) atoms. The lowest BCUT2D eigenvalue weighted by atomic mass is 10.0. The average Bonchev–Trinajstić information content (AvgIpc) is 2.38. The van der Waals surface area contributed by atoms with Gasteiger partial charge in [-0.05, 0) is 52.8 Å². The quantitative estimate of drug-likeness (QED) is 0.812. The molecule has 4 nitrogen and oxygen atoms in total. The van der Waals surface area contributed by atoms with Crippen LogP contribution < -0.4 is 15.4 Å². The molecule has 1 rings (SSSR count). The van der Waals surface area contributed by atoms with Gasteiger partial charge >= 0.3 is 0 Å². The fraction of sp³-hybridized carbons (Fsp3) is 0.588. The van der Waals surface area contributed by atoms with E-state index >= 15 is 0 Å². The largest absolute Gasteiger partial charge is 0.481 e. The molecule has 0 aromatic heterocycles. The number of carbonyl (C=O) groups excluding carboxylic acids is 1. The molecular formula is C17H28N2O2. The predicted octanol–water partition coefficient (Wildman–Crippen LogP) is 2.96. The van der Waals surface area contributed by atoms with E-state index in [1.807, 2.05) is 26.8 Å². The Balaban J connectivity index is 2.90. The van der Waals surface area contributed by atoms with Crippen LogP contribution in [-0.4, -0.2) is 24.6 Å². The van der Waals surface area contributed by atoms with Gasteiger partial charge in [0.2, 0.25) is 0 Å². The van der Waals surface area contributed by atoms with Crippen molar-refractivity contribution >= 4 is 5.91 Å². The average molecular weight is 292 g/mol. The highest BCUT2D eigenvalue weighted by Crippen LogP contribution is 2.27. The van der Waals surface area contributed by atoms with Gasteiger partial charge in [-0.3, -0.25) is 4.79 Å². The smallest absolute Gasteiger partial charge is 0.260 e. The maximum Gasteiger partial charge on any atom is 0.260 e. The summed E-state index contributed by atoms with van der Waals surface area (Å²) in [6, 6.07) is 6.41. The first-order chi connectivity index (χ1) is 9.85. The molecule has 0 bridgehead atoms. The van der Waals surface area contributed by atoms with E-state index in [-0.39, 0.29) is 18.0 Å². The molecule has 0 saturated carbocycles. The normalized spacial score (nSPS) is 13.9. The summed E-state index contributed by atoms with van der Waals surface area (Å²) in [6.07, 6.45) is -0.512. The van der Waals surface area contributed by atoms with Crippen LogP contribution >= 0.6 is 0 Å². The lowest BCUT2D eigenvalue weighted by molar-refractivity contribution is -0.127. The van der Waals surface area contributed by atoms with Crippen molar-refractivity contribution in [3.63, 3.8) is 0 Å². The number of hydrogen-bond donors (Lipinski definition) is 2. The molecule has 2 unspecified atom stereocenters. The molecule has 0 radical (unpaired) electrons. The molecule has 2 atom stereocenters. The molecule has 2 N–H and O–H groups in total. The fourth-order valence-electron chi connectivity index (χ4n) is 2.16. The lowest BCUT2D eigenvalue weighted by Gasteiger charge is -2.22. The second-order valence-electron chi connectivity index (χ2n) is 5.74. The Morgan fingerprint density at radius 2 is 1.90 bits per heavy atom. The van der Waals surface area contributed by atoms with Gasteiger partial charge in [-0.1, -0.05) is 19.1 Å². The van der Waals surface area contributed by atoms with Crippen LogP contribution in [0.1, 0.15) is 51.8 Å². The molecule has 1 aromatic rings. The minimum absolute atomic E-state index is 0.0893. The van der Waals surface area contributed by atoms with Crippen LogP contribution in [0.4, 0.5) is 0 Å². The molecule has 0 aliphatic carbocycles. The highest BCUT2D eigenvalue weighted by atomic mass is 16.5. The van der Waals surface area contributed by atoms with Crippen LogP contribution in [0.25, 0.3) is 0 Å². The zero-order valence-corrected chi connectivity index (χ0v) is 14.0. The van der Waals surface area contributed by atoms with Gasteiger partial charge in [0, 0.05) is 17.6 Å². The maximum atomic E-state index is 12.0. The Bertz CT molecular complexity index is 472. The molecule has 118 valence electrons. The van der Waals surface area contributed by atoms with Gasteiger partial charge in [0.25, 0.3) is 5.91 Å². The Kier molecular flexibility index (Phi) is 6.69. The molecule has 0 saturated heterocycles. The topological polar surface area (TPSA) is 50.4 Å². The highest BCUT2D eigenvalue weighted by Gasteiger charge is 2.18. The predicted molar refractivity (Wildman–Crippen MR) is 86.6 cm³/mol. The lowest BCUT2D eigenvalue weighted by Crippen LogP contribution is -2.40. The maximum absolute atomic E-state index is 12.0. The third kappa shape index (κ3) is 5.38. The molecular weight excluding hydrogens is 264 g/mol. The Hall–Kier alpha value is -1.55. The number of amides is 1. The van der Waals surface area contributed by atoms with E-state index in [1.165, 1.54) is 0 Å². The standard InChI is InChI=1S/C17H28N2O2/c1-7-18-13(5)15-9-8-12(4)10-16(15)21-14(6)17(20)19-11(2)3/h8-11,13-14,18H,7H2,1-6H3,(H,19,20). The van der Waals surface area contributed by atoms with Gasteiger partial charge in [-0.2, -0.15) is 0 Å². The van der Waals surface area contributed by atoms with Gasteiger partial charge < -0.3 is 15.4 Å². The number of rotatable bonds is 7. The van der Waals surface area contributed by atoms with Crippen LogP contribution in [0.15, 0.2) is 18.2 Å². The summed E-state index contributed by atoms with van der Waals surface area (Å²) in [5, 5.41) is 6.25. The van der Waals surface area contributed by atoms with Gasteiger partial charge in [-0.25, -0.2) is 0 Å². The van der Waals surface area contributed by atoms with Crippen LogP contribution in [0.3, 0.4) is 0 Å². The van der Waals surface area contributed by atoms with Gasteiger partial charge in [0.15, 0.2) is 6.10 Å². The number of hydrogen-bond acceptors (Lipinski definition) is 3. The molecule has 0 aliphatic heterocycles. The third-order valence-corrected chi connectivity index (χ3v) is 3.25. The zero-order valence-electron chi connectivity index (χ0n) is 14.0. The summed E-state index contributed by atoms with van der Waals surface area (Å²) < 4.78 is 5.90. The number of aryl methyl sites for hydroxylation is 1. The summed E-state index contributed by atoms with van der Waals surface area (Å²) >= 11 is 0. The second kappa shape index (κ2) is 8.03. The van der Waals surface area contributed by atoms with E-state index in [2.05, 4.69) is 36.6 Å². The number of ether oxygens (including phenoxy) is 1. The van der Waals surface area contributed by atoms with Crippen LogP contribution in [0.5, 0.6) is 5.75 Å². The molecule has 0 aliphatic rings. The summed E-state index contributed by atoms with van der Waals surface area (Å²) in [7, 11) is 0. The van der Waals surface area contributed by atoms with E-state index in [0.717, 1.165) is 23.4 Å². The molecule has 1 aromatic carbocycles. The van der Waals surface area contributed by atoms with E-state index in [9.17, 15) is 4.79 Å². The zero-order chi connectivity index (χ0) is 16.0. The first kappa shape index (κ1) is 17.5. The van der Waals surface area contributed by atoms with Crippen molar-refractivity contribution in [1.82, 2.24) is 10.6 Å². The third-order valence-electron chi connectivity index (χ3n) is 3.25. The summed E-state index contributed by atoms with van der Waals surface area (Å²) in [5.41, 5.74) is 2.19. The number of nitrogens with one attached hydrogen (secondary N) is 2. The van der Waals surface area contributed by atoms with Crippen LogP contribution in [-0.2, 0) is 4.79 Å². The fourth-order valence-corrected chi connectivity index (χ4v) is 2.16. The van der Waals surface area contributed by atoms with E-state index in [1.54, 1.807) is 6.92 Å². The van der Waals surface area contributed by atoms with Crippen molar-refractivity contribution in [2.24, 2.45) is 0 Å². The summed E-state index contributed by atoms with van der Waals surface area (Å²) in [5.74, 6) is 0.684. The molecule has 0 spiro atoms. The molecule has 4 heteroatoms. The van der Waals surface area contributed by atoms with Gasteiger partial charge in [0.05, 0.1) is 0 Å². The highest BCUT2D eigenvalue weighted by molar-refractivity contribution is 5.81. The van der Waals surface area contributed by atoms with Crippen molar-refractivity contribution in [3.05, 3.63) is 29.3 Å². The molecule has 1 amide bonds. The number of benzene rings is 1. The Morgan fingerprint density at radius 1 is 1.24 bits per heavy atom. The van der Waals surface area contributed by atoms with Crippen LogP contribution in [0, 0.1) is 6.92 Å². The van der Waals surface area contributed by atoms with Gasteiger partial charge in [0.1, 0.15) is 5.75 Å². The van der Waals surface area contributed by atoms with Crippen molar-refractivity contribution in [3.8, 4) is 5.75 Å². The Morgan fingerprint density at radius 3 is 2.48 bits per heavy atom. The monoisotopic (exact) mass is 292 g/mol. The summed E-state index contributed by atoms with van der Waals surface area (Å²) in [4.78, 5) is 12.0. The van der Waals surface area contributed by atoms with Crippen molar-refractivity contribution in [1.29, 1.82) is 0 Å². The van der Waals surface area contributed by atoms with Gasteiger partial charge in [-0.15, -0.1) is 0 Å². The van der Waals surface area contributed by atoms with Crippen molar-refractivity contribution < 1.29 is 9.53 Å². The van der Waals surface area contributed by atoms with E-state index < -0.39 is 6.10 Å². The van der Waals surface area contributed by atoms with E-state index in [4.69, 9.17) is 4.74 Å². The SMILES string of the molecule is CCNC(C)c1ccc(C)cc1OC(C)C(=O)NC(C)C. The van der Waals surface area contributed by atoms with Crippen LogP contribution in [0.2, 0.25) is 0 Å². The second-order valence-corrected chi connectivity index (χ2v) is 5.74. The van der Waals surface area contributed by atoms with Crippen molar-refractivity contribution in [2.75, 3.05) is 6.54 Å². The minimum atomic E-state index is -0.512. The number of carbonyl (C=O) groups is 1. The first-order valence-electron chi connectivity index (χ1n) is 7.66. The van der Waals surface area contributed by atoms with E-state index in [0.29, 0.717) is 0 Å². The molecule has 0 fully saturated rings. The van der Waals surface area contributed by atoms with Crippen molar-refractivity contribution in [2.45, 2.75) is 59.7 Å².